The second-order valence-corrected chi connectivity index (χ2v) is 6.58. The van der Waals surface area contributed by atoms with Gasteiger partial charge in [0.2, 0.25) is 10.0 Å². The van der Waals surface area contributed by atoms with Gasteiger partial charge in [-0.25, -0.2) is 17.9 Å². The van der Waals surface area contributed by atoms with Crippen molar-refractivity contribution >= 4 is 38.7 Å². The molecule has 0 aliphatic carbocycles. The summed E-state index contributed by atoms with van der Waals surface area (Å²) in [5.41, 5.74) is 1.76. The van der Waals surface area contributed by atoms with E-state index in [0.29, 0.717) is 22.1 Å². The SMILES string of the molecule is Cc1cc(NC(=S)Nc2ccc(S(N)(=O)=O)cc2)ccc1F. The molecule has 116 valence electrons. The Morgan fingerprint density at radius 2 is 1.64 bits per heavy atom. The number of aryl methyl sites for hydroxylation is 1. The monoisotopic (exact) mass is 339 g/mol. The number of hydrogen-bond acceptors (Lipinski definition) is 3. The van der Waals surface area contributed by atoms with Crippen molar-refractivity contribution in [1.29, 1.82) is 0 Å². The third kappa shape index (κ3) is 4.23. The Bertz CT molecular complexity index is 805. The molecule has 0 atom stereocenters. The summed E-state index contributed by atoms with van der Waals surface area (Å²) in [4.78, 5) is 0.0195. The first-order valence-corrected chi connectivity index (χ1v) is 8.18. The van der Waals surface area contributed by atoms with Gasteiger partial charge in [-0.2, -0.15) is 0 Å². The van der Waals surface area contributed by atoms with Crippen LogP contribution in [-0.4, -0.2) is 13.5 Å². The zero-order valence-corrected chi connectivity index (χ0v) is 13.3. The maximum absolute atomic E-state index is 13.2. The smallest absolute Gasteiger partial charge is 0.238 e. The lowest BCUT2D eigenvalue weighted by Gasteiger charge is -2.11. The molecule has 8 heteroatoms. The zero-order chi connectivity index (χ0) is 16.3. The molecule has 22 heavy (non-hydrogen) atoms. The van der Waals surface area contributed by atoms with Gasteiger partial charge >= 0.3 is 0 Å². The van der Waals surface area contributed by atoms with Gasteiger partial charge in [0.1, 0.15) is 5.82 Å². The molecule has 4 N–H and O–H groups in total. The van der Waals surface area contributed by atoms with E-state index in [1.54, 1.807) is 31.2 Å². The van der Waals surface area contributed by atoms with Crippen molar-refractivity contribution in [1.82, 2.24) is 0 Å². The van der Waals surface area contributed by atoms with Crippen LogP contribution in [0, 0.1) is 12.7 Å². The van der Waals surface area contributed by atoms with Crippen LogP contribution in [0.4, 0.5) is 15.8 Å². The van der Waals surface area contributed by atoms with E-state index in [-0.39, 0.29) is 10.7 Å². The molecule has 2 aromatic rings. The lowest BCUT2D eigenvalue weighted by Crippen LogP contribution is -2.19. The average molecular weight is 339 g/mol. The number of anilines is 2. The Hall–Kier alpha value is -2.03. The first-order chi connectivity index (χ1) is 10.3. The molecule has 5 nitrogen and oxygen atoms in total. The normalized spacial score (nSPS) is 11.0. The number of halogens is 1. The van der Waals surface area contributed by atoms with Crippen molar-refractivity contribution in [2.45, 2.75) is 11.8 Å². The van der Waals surface area contributed by atoms with Crippen molar-refractivity contribution in [2.75, 3.05) is 10.6 Å². The second-order valence-electron chi connectivity index (χ2n) is 4.61. The molecule has 0 saturated heterocycles. The fraction of sp³-hybridized carbons (Fsp3) is 0.0714. The molecule has 2 rings (SSSR count). The predicted molar refractivity (Wildman–Crippen MR) is 88.8 cm³/mol. The first-order valence-electron chi connectivity index (χ1n) is 6.23. The molecule has 0 fully saturated rings. The van der Waals surface area contributed by atoms with Crippen LogP contribution in [0.5, 0.6) is 0 Å². The van der Waals surface area contributed by atoms with E-state index in [1.807, 2.05) is 0 Å². The van der Waals surface area contributed by atoms with E-state index >= 15 is 0 Å². The van der Waals surface area contributed by atoms with Gasteiger partial charge in [-0.05, 0) is 67.2 Å². The van der Waals surface area contributed by atoms with E-state index in [2.05, 4.69) is 10.6 Å². The van der Waals surface area contributed by atoms with Gasteiger partial charge in [0.25, 0.3) is 0 Å². The maximum Gasteiger partial charge on any atom is 0.238 e. The predicted octanol–water partition coefficient (Wildman–Crippen LogP) is 2.59. The number of nitrogens with one attached hydrogen (secondary N) is 2. The van der Waals surface area contributed by atoms with Gasteiger partial charge < -0.3 is 10.6 Å². The lowest BCUT2D eigenvalue weighted by molar-refractivity contribution is 0.598. The Morgan fingerprint density at radius 3 is 2.18 bits per heavy atom. The molecule has 0 bridgehead atoms. The largest absolute Gasteiger partial charge is 0.332 e. The van der Waals surface area contributed by atoms with Crippen LogP contribution in [-0.2, 0) is 10.0 Å². The van der Waals surface area contributed by atoms with E-state index in [1.165, 1.54) is 18.2 Å². The number of thiocarbonyl (C=S) groups is 1. The Morgan fingerprint density at radius 1 is 1.09 bits per heavy atom. The summed E-state index contributed by atoms with van der Waals surface area (Å²) >= 11 is 5.14. The quantitative estimate of drug-likeness (QED) is 0.749. The Labute approximate surface area is 133 Å². The zero-order valence-electron chi connectivity index (χ0n) is 11.6. The Kier molecular flexibility index (Phi) is 4.74. The summed E-state index contributed by atoms with van der Waals surface area (Å²) in [6.45, 7) is 1.66. The molecule has 0 amide bonds. The van der Waals surface area contributed by atoms with Crippen molar-refractivity contribution < 1.29 is 12.8 Å². The van der Waals surface area contributed by atoms with Gasteiger partial charge in [-0.1, -0.05) is 0 Å². The van der Waals surface area contributed by atoms with Crippen LogP contribution < -0.4 is 15.8 Å². The highest BCUT2D eigenvalue weighted by Gasteiger charge is 2.07. The van der Waals surface area contributed by atoms with E-state index in [0.717, 1.165) is 0 Å². The van der Waals surface area contributed by atoms with Gasteiger partial charge in [0, 0.05) is 11.4 Å². The molecule has 0 spiro atoms. The van der Waals surface area contributed by atoms with Crippen LogP contribution in [0.1, 0.15) is 5.56 Å². The maximum atomic E-state index is 13.2. The number of nitrogens with two attached hydrogens (primary N) is 1. The first kappa shape index (κ1) is 16.3. The highest BCUT2D eigenvalue weighted by atomic mass is 32.2. The molecule has 0 saturated carbocycles. The minimum absolute atomic E-state index is 0.0195. The molecule has 0 heterocycles. The third-order valence-electron chi connectivity index (χ3n) is 2.86. The van der Waals surface area contributed by atoms with Crippen molar-refractivity contribution in [3.63, 3.8) is 0 Å². The van der Waals surface area contributed by atoms with Gasteiger partial charge in [0.15, 0.2) is 5.11 Å². The van der Waals surface area contributed by atoms with Crippen LogP contribution in [0.2, 0.25) is 0 Å². The molecule has 0 radical (unpaired) electrons. The van der Waals surface area contributed by atoms with Crippen molar-refractivity contribution in [3.8, 4) is 0 Å². The summed E-state index contributed by atoms with van der Waals surface area (Å²) in [6.07, 6.45) is 0. The van der Waals surface area contributed by atoms with Gasteiger partial charge in [0.05, 0.1) is 4.90 Å². The van der Waals surface area contributed by atoms with Crippen LogP contribution >= 0.6 is 12.2 Å². The fourth-order valence-corrected chi connectivity index (χ4v) is 2.49. The molecule has 0 aliphatic heterocycles. The van der Waals surface area contributed by atoms with E-state index in [4.69, 9.17) is 17.4 Å². The number of rotatable bonds is 3. The number of sulfonamides is 1. The number of primary sulfonamides is 1. The lowest BCUT2D eigenvalue weighted by atomic mass is 10.2. The molecular weight excluding hydrogens is 325 g/mol. The van der Waals surface area contributed by atoms with E-state index in [9.17, 15) is 12.8 Å². The summed E-state index contributed by atoms with van der Waals surface area (Å²) in [5.74, 6) is -0.289. The summed E-state index contributed by atoms with van der Waals surface area (Å²) in [5, 5.41) is 11.1. The molecule has 0 aromatic heterocycles. The summed E-state index contributed by atoms with van der Waals surface area (Å²) < 4.78 is 35.5. The minimum atomic E-state index is -3.72. The minimum Gasteiger partial charge on any atom is -0.332 e. The molecule has 2 aromatic carbocycles. The molecular formula is C14H14FN3O2S2. The topological polar surface area (TPSA) is 84.2 Å². The average Bonchev–Trinajstić information content (AvgIpc) is 2.42. The van der Waals surface area contributed by atoms with Crippen molar-refractivity contribution in [2.24, 2.45) is 5.14 Å². The standard InChI is InChI=1S/C14H14FN3O2S2/c1-9-8-11(4-7-13(9)15)18-14(21)17-10-2-5-12(6-3-10)22(16,19)20/h2-8H,1H3,(H2,16,19,20)(H2,17,18,21). The van der Waals surface area contributed by atoms with Crippen molar-refractivity contribution in [3.05, 3.63) is 53.8 Å². The molecule has 0 unspecified atom stereocenters. The van der Waals surface area contributed by atoms with Gasteiger partial charge in [-0.15, -0.1) is 0 Å². The van der Waals surface area contributed by atoms with Crippen LogP contribution in [0.25, 0.3) is 0 Å². The number of hydrogen-bond donors (Lipinski definition) is 3. The third-order valence-corrected chi connectivity index (χ3v) is 3.99. The highest BCUT2D eigenvalue weighted by Crippen LogP contribution is 2.16. The summed E-state index contributed by atoms with van der Waals surface area (Å²) in [7, 11) is -3.72. The van der Waals surface area contributed by atoms with Gasteiger partial charge in [-0.3, -0.25) is 0 Å². The highest BCUT2D eigenvalue weighted by molar-refractivity contribution is 7.89. The number of benzene rings is 2. The van der Waals surface area contributed by atoms with E-state index < -0.39 is 10.0 Å². The van der Waals surface area contributed by atoms with Crippen LogP contribution in [0.15, 0.2) is 47.4 Å². The summed E-state index contributed by atoms with van der Waals surface area (Å²) in [6, 6.07) is 10.4. The Balaban J connectivity index is 2.04. The van der Waals surface area contributed by atoms with Crippen LogP contribution in [0.3, 0.4) is 0 Å². The fourth-order valence-electron chi connectivity index (χ4n) is 1.74. The second kappa shape index (κ2) is 6.39. The molecule has 0 aliphatic rings.